The number of aromatic nitrogens is 1. The number of carboxylic acid groups (broad SMARTS) is 1. The normalized spacial score (nSPS) is 13.5. The number of Topliss-reactive ketones (excluding diaryl/α,β-unsaturated/α-hetero) is 1. The van der Waals surface area contributed by atoms with Crippen LogP contribution in [0.15, 0.2) is 66.5 Å². The van der Waals surface area contributed by atoms with Gasteiger partial charge in [-0.25, -0.2) is 13.6 Å². The molecule has 0 fully saturated rings. The van der Waals surface area contributed by atoms with Crippen molar-refractivity contribution in [2.24, 2.45) is 5.73 Å². The Morgan fingerprint density at radius 3 is 2.21 bits per heavy atom. The number of hydrogen-bond acceptors (Lipinski definition) is 5. The number of aromatic carboxylic acids is 1. The predicted octanol–water partition coefficient (Wildman–Crippen LogP) is 3.06. The number of benzene rings is 2. The van der Waals surface area contributed by atoms with Gasteiger partial charge in [0.15, 0.2) is 11.6 Å². The second-order valence-corrected chi connectivity index (χ2v) is 6.68. The van der Waals surface area contributed by atoms with Crippen molar-refractivity contribution in [1.82, 2.24) is 4.98 Å². The van der Waals surface area contributed by atoms with E-state index in [1.54, 1.807) is 12.1 Å². The average molecular weight is 451 g/mol. The summed E-state index contributed by atoms with van der Waals surface area (Å²) in [5.74, 6) is -5.19. The van der Waals surface area contributed by atoms with Crippen LogP contribution in [-0.4, -0.2) is 33.7 Å². The van der Waals surface area contributed by atoms with Crippen LogP contribution in [0.3, 0.4) is 0 Å². The molecule has 0 aliphatic carbocycles. The molecule has 4 rings (SSSR count). The van der Waals surface area contributed by atoms with Gasteiger partial charge in [0, 0.05) is 23.5 Å². The SMILES string of the molecule is NC(=O)c1ccncc1.O=C1Nc2ccc(C(=O)O)cc2C(=O)/C1=C/c1ccc(F)c(F)c1. The molecule has 3 aromatic rings. The molecule has 2 amide bonds. The molecule has 8 nitrogen and oxygen atoms in total. The van der Waals surface area contributed by atoms with E-state index in [9.17, 15) is 28.0 Å². The Morgan fingerprint density at radius 2 is 1.64 bits per heavy atom. The molecule has 0 bridgehead atoms. The highest BCUT2D eigenvalue weighted by Crippen LogP contribution is 2.27. The van der Waals surface area contributed by atoms with Gasteiger partial charge in [-0.2, -0.15) is 0 Å². The van der Waals surface area contributed by atoms with Crippen LogP contribution in [0.2, 0.25) is 0 Å². The summed E-state index contributed by atoms with van der Waals surface area (Å²) in [5.41, 5.74) is 5.38. The van der Waals surface area contributed by atoms with Gasteiger partial charge in [-0.15, -0.1) is 0 Å². The Kier molecular flexibility index (Phi) is 6.68. The van der Waals surface area contributed by atoms with E-state index >= 15 is 0 Å². The van der Waals surface area contributed by atoms with Crippen LogP contribution in [0, 0.1) is 11.6 Å². The third-order valence-electron chi connectivity index (χ3n) is 4.47. The summed E-state index contributed by atoms with van der Waals surface area (Å²) in [4.78, 5) is 49.7. The molecule has 1 aliphatic rings. The monoisotopic (exact) mass is 451 g/mol. The first-order valence-electron chi connectivity index (χ1n) is 9.27. The molecule has 4 N–H and O–H groups in total. The maximum absolute atomic E-state index is 13.3. The zero-order valence-corrected chi connectivity index (χ0v) is 16.7. The van der Waals surface area contributed by atoms with Crippen LogP contribution in [0.4, 0.5) is 14.5 Å². The molecule has 0 radical (unpaired) electrons. The second kappa shape index (κ2) is 9.60. The number of nitrogens with zero attached hydrogens (tertiary/aromatic N) is 1. The predicted molar refractivity (Wildman–Crippen MR) is 113 cm³/mol. The zero-order chi connectivity index (χ0) is 24.1. The Hall–Kier alpha value is -4.73. The van der Waals surface area contributed by atoms with Gasteiger partial charge in [-0.3, -0.25) is 19.4 Å². The number of primary amides is 1. The number of carboxylic acids is 1. The highest BCUT2D eigenvalue weighted by molar-refractivity contribution is 6.36. The van der Waals surface area contributed by atoms with Gasteiger partial charge >= 0.3 is 5.97 Å². The van der Waals surface area contributed by atoms with Crippen LogP contribution in [0.5, 0.6) is 0 Å². The highest BCUT2D eigenvalue weighted by atomic mass is 19.2. The summed E-state index contributed by atoms with van der Waals surface area (Å²) < 4.78 is 26.2. The lowest BCUT2D eigenvalue weighted by Gasteiger charge is -2.18. The number of fused-ring (bicyclic) bond motifs is 1. The molecule has 0 unspecified atom stereocenters. The number of rotatable bonds is 3. The highest BCUT2D eigenvalue weighted by Gasteiger charge is 2.29. The van der Waals surface area contributed by atoms with E-state index in [4.69, 9.17) is 10.8 Å². The lowest BCUT2D eigenvalue weighted by molar-refractivity contribution is -0.112. The van der Waals surface area contributed by atoms with Crippen molar-refractivity contribution in [3.8, 4) is 0 Å². The molecule has 10 heteroatoms. The van der Waals surface area contributed by atoms with Crippen molar-refractivity contribution >= 4 is 35.3 Å². The summed E-state index contributed by atoms with van der Waals surface area (Å²) in [6.07, 6.45) is 4.18. The molecule has 33 heavy (non-hydrogen) atoms. The maximum Gasteiger partial charge on any atom is 0.335 e. The number of anilines is 1. The van der Waals surface area contributed by atoms with Crippen LogP contribution in [-0.2, 0) is 4.79 Å². The fourth-order valence-electron chi connectivity index (χ4n) is 2.83. The molecule has 2 aromatic carbocycles. The minimum absolute atomic E-state index is 0.0170. The van der Waals surface area contributed by atoms with Crippen LogP contribution in [0.1, 0.15) is 36.6 Å². The first-order valence-corrected chi connectivity index (χ1v) is 9.27. The molecule has 2 heterocycles. The summed E-state index contributed by atoms with van der Waals surface area (Å²) in [6, 6.07) is 9.83. The molecule has 0 saturated heterocycles. The maximum atomic E-state index is 13.3. The van der Waals surface area contributed by atoms with Crippen molar-refractivity contribution < 1.29 is 33.1 Å². The van der Waals surface area contributed by atoms with Crippen molar-refractivity contribution in [1.29, 1.82) is 0 Å². The lowest BCUT2D eigenvalue weighted by Crippen LogP contribution is -2.27. The van der Waals surface area contributed by atoms with E-state index in [-0.39, 0.29) is 28.0 Å². The molecular formula is C23H15F2N3O5. The fraction of sp³-hybridized carbons (Fsp3) is 0. The van der Waals surface area contributed by atoms with E-state index in [1.807, 2.05) is 0 Å². The summed E-state index contributed by atoms with van der Waals surface area (Å²) in [5, 5.41) is 11.5. The summed E-state index contributed by atoms with van der Waals surface area (Å²) >= 11 is 0. The molecule has 0 spiro atoms. The number of nitrogens with two attached hydrogens (primary N) is 1. The number of carbonyl (C=O) groups excluding carboxylic acids is 3. The van der Waals surface area contributed by atoms with Gasteiger partial charge < -0.3 is 16.2 Å². The Labute approximate surface area is 185 Å². The van der Waals surface area contributed by atoms with Crippen molar-refractivity contribution in [2.75, 3.05) is 5.32 Å². The Morgan fingerprint density at radius 1 is 0.939 bits per heavy atom. The van der Waals surface area contributed by atoms with Crippen LogP contribution < -0.4 is 11.1 Å². The van der Waals surface area contributed by atoms with Gasteiger partial charge in [0.2, 0.25) is 11.7 Å². The van der Waals surface area contributed by atoms with E-state index in [0.717, 1.165) is 24.3 Å². The molecule has 166 valence electrons. The molecule has 0 atom stereocenters. The minimum Gasteiger partial charge on any atom is -0.478 e. The number of pyridine rings is 1. The third kappa shape index (κ3) is 5.31. The Bertz CT molecular complexity index is 1310. The molecule has 0 saturated carbocycles. The quantitative estimate of drug-likeness (QED) is 0.413. The summed E-state index contributed by atoms with van der Waals surface area (Å²) in [7, 11) is 0. The van der Waals surface area contributed by atoms with E-state index in [0.29, 0.717) is 5.56 Å². The van der Waals surface area contributed by atoms with Crippen molar-refractivity contribution in [2.45, 2.75) is 0 Å². The van der Waals surface area contributed by atoms with Gasteiger partial charge in [-0.05, 0) is 54.1 Å². The first-order chi connectivity index (χ1) is 15.7. The lowest BCUT2D eigenvalue weighted by atomic mass is 9.93. The van der Waals surface area contributed by atoms with Gasteiger partial charge in [0.1, 0.15) is 0 Å². The standard InChI is InChI=1S/C17H9F2NO4.C6H6N2O/c18-12-3-1-8(6-13(12)19)5-11-15(21)10-7-9(17(23)24)2-4-14(10)20-16(11)22;7-6(9)5-1-3-8-4-2-5/h1-7H,(H,20,22)(H,23,24);1-4H,(H2,7,9)/b11-5-;. The topological polar surface area (TPSA) is 139 Å². The van der Waals surface area contributed by atoms with E-state index in [2.05, 4.69) is 10.3 Å². The minimum atomic E-state index is -1.21. The summed E-state index contributed by atoms with van der Waals surface area (Å²) in [6.45, 7) is 0. The number of halogens is 2. The fourth-order valence-corrected chi connectivity index (χ4v) is 2.83. The zero-order valence-electron chi connectivity index (χ0n) is 16.7. The number of carbonyl (C=O) groups is 4. The number of hydrogen-bond donors (Lipinski definition) is 3. The third-order valence-corrected chi connectivity index (χ3v) is 4.47. The number of amides is 2. The van der Waals surface area contributed by atoms with Crippen LogP contribution in [0.25, 0.3) is 6.08 Å². The molecule has 1 aliphatic heterocycles. The van der Waals surface area contributed by atoms with Gasteiger partial charge in [0.05, 0.1) is 16.8 Å². The van der Waals surface area contributed by atoms with Gasteiger partial charge in [-0.1, -0.05) is 6.07 Å². The van der Waals surface area contributed by atoms with Gasteiger partial charge in [0.25, 0.3) is 5.91 Å². The van der Waals surface area contributed by atoms with E-state index in [1.165, 1.54) is 30.6 Å². The molecular weight excluding hydrogens is 436 g/mol. The number of nitrogens with one attached hydrogen (secondary N) is 1. The van der Waals surface area contributed by atoms with Crippen LogP contribution >= 0.6 is 0 Å². The van der Waals surface area contributed by atoms with E-state index < -0.39 is 35.2 Å². The second-order valence-electron chi connectivity index (χ2n) is 6.68. The first kappa shape index (κ1) is 22.9. The largest absolute Gasteiger partial charge is 0.478 e. The number of ketones is 1. The molecule has 1 aromatic heterocycles. The van der Waals surface area contributed by atoms with Crippen molar-refractivity contribution in [3.05, 3.63) is 100 Å². The van der Waals surface area contributed by atoms with Crippen molar-refractivity contribution in [3.63, 3.8) is 0 Å². The Balaban J connectivity index is 0.000000286. The average Bonchev–Trinajstić information content (AvgIpc) is 2.79. The smallest absolute Gasteiger partial charge is 0.335 e.